The highest BCUT2D eigenvalue weighted by molar-refractivity contribution is 5.78. The Balaban J connectivity index is 2.81. The van der Waals surface area contributed by atoms with Crippen LogP contribution >= 0.6 is 0 Å². The molecule has 1 saturated carbocycles. The highest BCUT2D eigenvalue weighted by atomic mass is 19.4. The van der Waals surface area contributed by atoms with E-state index in [1.165, 1.54) is 27.7 Å². The van der Waals surface area contributed by atoms with Gasteiger partial charge in [-0.3, -0.25) is 0 Å². The molecule has 1 rings (SSSR count). The highest BCUT2D eigenvalue weighted by Crippen LogP contribution is 2.46. The van der Waals surface area contributed by atoms with Gasteiger partial charge in [0.1, 0.15) is 11.7 Å². The minimum Gasteiger partial charge on any atom is -0.460 e. The maximum atomic E-state index is 14.0. The summed E-state index contributed by atoms with van der Waals surface area (Å²) in [6.45, 7) is 8.00. The fraction of sp³-hybridized carbons (Fsp3) is 0.895. The van der Waals surface area contributed by atoms with Gasteiger partial charge in [0, 0.05) is 5.92 Å². The SMILES string of the molecule is CCC(C)(F)C(=O)OC1CCC(C(C)(OC(=O)OC(C)(C)C)C(F)(F)F)CC1. The normalized spacial score (nSPS) is 25.2. The first-order valence-corrected chi connectivity index (χ1v) is 9.40. The molecule has 0 aromatic carbocycles. The summed E-state index contributed by atoms with van der Waals surface area (Å²) in [6, 6.07) is 0. The van der Waals surface area contributed by atoms with Crippen LogP contribution in [0.1, 0.15) is 73.6 Å². The van der Waals surface area contributed by atoms with Gasteiger partial charge in [0.2, 0.25) is 11.3 Å². The number of carbonyl (C=O) groups excluding carboxylic acids is 2. The van der Waals surface area contributed by atoms with E-state index in [1.807, 2.05) is 0 Å². The molecule has 0 N–H and O–H groups in total. The quantitative estimate of drug-likeness (QED) is 0.439. The Morgan fingerprint density at radius 1 is 0.893 bits per heavy atom. The summed E-state index contributed by atoms with van der Waals surface area (Å²) in [4.78, 5) is 23.7. The molecule has 2 unspecified atom stereocenters. The van der Waals surface area contributed by atoms with Crippen LogP contribution in [0.3, 0.4) is 0 Å². The van der Waals surface area contributed by atoms with Gasteiger partial charge in [-0.2, -0.15) is 13.2 Å². The summed E-state index contributed by atoms with van der Waals surface area (Å²) in [5, 5.41) is 0. The Kier molecular flexibility index (Phi) is 7.39. The van der Waals surface area contributed by atoms with Crippen LogP contribution in [0.4, 0.5) is 22.4 Å². The van der Waals surface area contributed by atoms with E-state index in [9.17, 15) is 27.2 Å². The third-order valence-corrected chi connectivity index (χ3v) is 5.06. The Labute approximate surface area is 163 Å². The molecule has 1 aliphatic carbocycles. The van der Waals surface area contributed by atoms with Crippen LogP contribution < -0.4 is 0 Å². The van der Waals surface area contributed by atoms with Gasteiger partial charge < -0.3 is 14.2 Å². The Bertz CT molecular complexity index is 560. The second-order valence-corrected chi connectivity index (χ2v) is 8.60. The third kappa shape index (κ3) is 6.24. The first kappa shape index (κ1) is 24.5. The molecule has 0 aliphatic heterocycles. The summed E-state index contributed by atoms with van der Waals surface area (Å²) < 4.78 is 69.9. The standard InChI is InChI=1S/C19H30F4O5/c1-7-17(5,20)14(24)26-13-10-8-12(9-11-13)18(6,19(21,22)23)28-15(25)27-16(2,3)4/h12-13H,7-11H2,1-6H3. The van der Waals surface area contributed by atoms with Crippen molar-refractivity contribution in [3.05, 3.63) is 0 Å². The van der Waals surface area contributed by atoms with Crippen LogP contribution in [0.2, 0.25) is 0 Å². The average molecular weight is 414 g/mol. The average Bonchev–Trinajstić information content (AvgIpc) is 2.52. The summed E-state index contributed by atoms with van der Waals surface area (Å²) in [7, 11) is 0. The van der Waals surface area contributed by atoms with Crippen LogP contribution in [0.15, 0.2) is 0 Å². The maximum absolute atomic E-state index is 14.0. The first-order chi connectivity index (χ1) is 12.5. The first-order valence-electron chi connectivity index (χ1n) is 9.40. The fourth-order valence-corrected chi connectivity index (χ4v) is 2.97. The zero-order valence-corrected chi connectivity index (χ0v) is 17.2. The summed E-state index contributed by atoms with van der Waals surface area (Å²) in [5.74, 6) is -2.04. The molecule has 0 aromatic rings. The van der Waals surface area contributed by atoms with Crippen molar-refractivity contribution in [1.29, 1.82) is 0 Å². The minimum atomic E-state index is -4.81. The number of rotatable bonds is 5. The predicted molar refractivity (Wildman–Crippen MR) is 93.4 cm³/mol. The zero-order chi connectivity index (χ0) is 22.0. The summed E-state index contributed by atoms with van der Waals surface area (Å²) in [6.07, 6.45) is -6.66. The molecule has 2 atom stereocenters. The summed E-state index contributed by atoms with van der Waals surface area (Å²) in [5.41, 5.74) is -5.85. The molecule has 0 saturated heterocycles. The van der Waals surface area contributed by atoms with Gasteiger partial charge in [0.25, 0.3) is 0 Å². The van der Waals surface area contributed by atoms with E-state index in [0.717, 1.165) is 13.8 Å². The molecule has 0 amide bonds. The van der Waals surface area contributed by atoms with Gasteiger partial charge in [-0.15, -0.1) is 0 Å². The van der Waals surface area contributed by atoms with E-state index in [0.29, 0.717) is 0 Å². The molecule has 0 radical (unpaired) electrons. The van der Waals surface area contributed by atoms with Gasteiger partial charge >= 0.3 is 18.3 Å². The van der Waals surface area contributed by atoms with Crippen molar-refractivity contribution in [3.63, 3.8) is 0 Å². The summed E-state index contributed by atoms with van der Waals surface area (Å²) >= 11 is 0. The molecule has 0 aromatic heterocycles. The van der Waals surface area contributed by atoms with Crippen LogP contribution in [-0.2, 0) is 19.0 Å². The van der Waals surface area contributed by atoms with E-state index in [1.54, 1.807) is 0 Å². The van der Waals surface area contributed by atoms with Crippen molar-refractivity contribution >= 4 is 12.1 Å². The molecule has 0 heterocycles. The van der Waals surface area contributed by atoms with E-state index in [-0.39, 0.29) is 32.1 Å². The van der Waals surface area contributed by atoms with Crippen molar-refractivity contribution in [2.45, 2.75) is 103 Å². The molecule has 1 aliphatic rings. The highest BCUT2D eigenvalue weighted by Gasteiger charge is 2.60. The number of halogens is 4. The van der Waals surface area contributed by atoms with Gasteiger partial charge in [-0.1, -0.05) is 6.92 Å². The molecule has 9 heteroatoms. The molecule has 0 bridgehead atoms. The van der Waals surface area contributed by atoms with E-state index in [2.05, 4.69) is 0 Å². The Hall–Kier alpha value is -1.54. The molecule has 0 spiro atoms. The molecule has 28 heavy (non-hydrogen) atoms. The second-order valence-electron chi connectivity index (χ2n) is 8.60. The minimum absolute atomic E-state index is 0.00583. The fourth-order valence-electron chi connectivity index (χ4n) is 2.97. The number of hydrogen-bond acceptors (Lipinski definition) is 5. The molecular weight excluding hydrogens is 384 g/mol. The smallest absolute Gasteiger partial charge is 0.460 e. The van der Waals surface area contributed by atoms with Crippen LogP contribution in [0, 0.1) is 5.92 Å². The monoisotopic (exact) mass is 414 g/mol. The van der Waals surface area contributed by atoms with E-state index >= 15 is 0 Å². The number of carbonyl (C=O) groups is 2. The number of ether oxygens (including phenoxy) is 3. The lowest BCUT2D eigenvalue weighted by molar-refractivity contribution is -0.281. The van der Waals surface area contributed by atoms with Gasteiger partial charge in [-0.25, -0.2) is 14.0 Å². The Morgan fingerprint density at radius 3 is 1.79 bits per heavy atom. The van der Waals surface area contributed by atoms with Crippen LogP contribution in [0.25, 0.3) is 0 Å². The number of alkyl halides is 4. The van der Waals surface area contributed by atoms with Crippen molar-refractivity contribution in [1.82, 2.24) is 0 Å². The van der Waals surface area contributed by atoms with Gasteiger partial charge in [0.05, 0.1) is 0 Å². The largest absolute Gasteiger partial charge is 0.509 e. The molecule has 5 nitrogen and oxygen atoms in total. The predicted octanol–water partition coefficient (Wildman–Crippen LogP) is 5.50. The van der Waals surface area contributed by atoms with Gasteiger partial charge in [0.15, 0.2) is 0 Å². The molecule has 164 valence electrons. The van der Waals surface area contributed by atoms with Crippen molar-refractivity contribution < 1.29 is 41.4 Å². The topological polar surface area (TPSA) is 61.8 Å². The van der Waals surface area contributed by atoms with Crippen molar-refractivity contribution in [2.75, 3.05) is 0 Å². The second kappa shape index (κ2) is 8.45. The van der Waals surface area contributed by atoms with Gasteiger partial charge in [-0.05, 0) is 66.7 Å². The maximum Gasteiger partial charge on any atom is 0.509 e. The van der Waals surface area contributed by atoms with E-state index < -0.39 is 47.2 Å². The lowest BCUT2D eigenvalue weighted by atomic mass is 9.76. The third-order valence-electron chi connectivity index (χ3n) is 5.06. The number of hydrogen-bond donors (Lipinski definition) is 0. The van der Waals surface area contributed by atoms with E-state index in [4.69, 9.17) is 14.2 Å². The van der Waals surface area contributed by atoms with Crippen LogP contribution in [-0.4, -0.2) is 41.3 Å². The molecular formula is C19H30F4O5. The number of esters is 1. The van der Waals surface area contributed by atoms with Crippen LogP contribution in [0.5, 0.6) is 0 Å². The molecule has 1 fully saturated rings. The zero-order valence-electron chi connectivity index (χ0n) is 17.2. The Morgan fingerprint density at radius 2 is 1.39 bits per heavy atom. The lowest BCUT2D eigenvalue weighted by Gasteiger charge is -2.41. The van der Waals surface area contributed by atoms with Crippen molar-refractivity contribution in [2.24, 2.45) is 5.92 Å². The van der Waals surface area contributed by atoms with Crippen molar-refractivity contribution in [3.8, 4) is 0 Å². The lowest BCUT2D eigenvalue weighted by Crippen LogP contribution is -2.54.